The number of hydrogen-bond acceptors (Lipinski definition) is 3. The minimum absolute atomic E-state index is 0.293. The normalized spacial score (nSPS) is 20.5. The van der Waals surface area contributed by atoms with E-state index in [4.69, 9.17) is 0 Å². The standard InChI is InChI=1S/C22H30N4O/c1-2-25-15-11-23-22(25)20-8-5-12-24(16-20)13-10-21(27)26-14-9-18-6-3-4-7-19(18)17-26/h3-4,6-7,11,15,20H,2,5,8-10,12-14,16-17H2,1H3/t20-/m0/s1. The van der Waals surface area contributed by atoms with Gasteiger partial charge in [-0.3, -0.25) is 4.79 Å². The molecular formula is C22H30N4O. The van der Waals surface area contributed by atoms with Gasteiger partial charge in [0.05, 0.1) is 0 Å². The molecule has 1 aromatic heterocycles. The molecule has 2 aliphatic heterocycles. The maximum atomic E-state index is 12.7. The van der Waals surface area contributed by atoms with Crippen molar-refractivity contribution in [3.05, 3.63) is 53.6 Å². The van der Waals surface area contributed by atoms with Crippen LogP contribution in [0.5, 0.6) is 0 Å². The monoisotopic (exact) mass is 366 g/mol. The molecule has 5 nitrogen and oxygen atoms in total. The molecule has 1 aromatic carbocycles. The Balaban J connectivity index is 1.30. The number of carbonyl (C=O) groups is 1. The summed E-state index contributed by atoms with van der Waals surface area (Å²) in [5, 5.41) is 0. The first-order valence-electron chi connectivity index (χ1n) is 10.3. The molecule has 0 radical (unpaired) electrons. The zero-order valence-corrected chi connectivity index (χ0v) is 16.3. The Kier molecular flexibility index (Phi) is 5.58. The number of amides is 1. The van der Waals surface area contributed by atoms with Crippen molar-refractivity contribution >= 4 is 5.91 Å². The summed E-state index contributed by atoms with van der Waals surface area (Å²) in [4.78, 5) is 21.8. The van der Waals surface area contributed by atoms with E-state index in [-0.39, 0.29) is 0 Å². The molecular weight excluding hydrogens is 336 g/mol. The molecule has 144 valence electrons. The van der Waals surface area contributed by atoms with Crippen LogP contribution in [0.1, 0.15) is 49.1 Å². The number of aromatic nitrogens is 2. The number of hydrogen-bond donors (Lipinski definition) is 0. The van der Waals surface area contributed by atoms with Crippen molar-refractivity contribution < 1.29 is 4.79 Å². The Bertz CT molecular complexity index is 784. The third kappa shape index (κ3) is 4.08. The highest BCUT2D eigenvalue weighted by atomic mass is 16.2. The average molecular weight is 367 g/mol. The minimum Gasteiger partial charge on any atom is -0.338 e. The number of aryl methyl sites for hydroxylation is 1. The Morgan fingerprint density at radius 3 is 2.93 bits per heavy atom. The molecule has 1 amide bonds. The summed E-state index contributed by atoms with van der Waals surface area (Å²) in [6.45, 7) is 7.74. The van der Waals surface area contributed by atoms with E-state index in [0.29, 0.717) is 18.2 Å². The number of fused-ring (bicyclic) bond motifs is 1. The Morgan fingerprint density at radius 2 is 2.07 bits per heavy atom. The van der Waals surface area contributed by atoms with Crippen molar-refractivity contribution in [2.75, 3.05) is 26.2 Å². The van der Waals surface area contributed by atoms with Gasteiger partial charge in [0.1, 0.15) is 5.82 Å². The van der Waals surface area contributed by atoms with E-state index < -0.39 is 0 Å². The molecule has 0 spiro atoms. The molecule has 1 saturated heterocycles. The molecule has 0 bridgehead atoms. The van der Waals surface area contributed by atoms with Gasteiger partial charge < -0.3 is 14.4 Å². The van der Waals surface area contributed by atoms with Gasteiger partial charge in [0.25, 0.3) is 0 Å². The maximum absolute atomic E-state index is 12.7. The topological polar surface area (TPSA) is 41.4 Å². The number of likely N-dealkylation sites (tertiary alicyclic amines) is 1. The summed E-state index contributed by atoms with van der Waals surface area (Å²) in [5.74, 6) is 1.99. The second kappa shape index (κ2) is 8.26. The van der Waals surface area contributed by atoms with Crippen LogP contribution in [-0.2, 0) is 24.3 Å². The molecule has 27 heavy (non-hydrogen) atoms. The summed E-state index contributed by atoms with van der Waals surface area (Å²) in [5.41, 5.74) is 2.70. The first-order valence-corrected chi connectivity index (χ1v) is 10.3. The summed E-state index contributed by atoms with van der Waals surface area (Å²) in [6, 6.07) is 8.50. The van der Waals surface area contributed by atoms with E-state index in [1.54, 1.807) is 0 Å². The van der Waals surface area contributed by atoms with E-state index in [9.17, 15) is 4.79 Å². The molecule has 0 unspecified atom stereocenters. The molecule has 2 aromatic rings. The van der Waals surface area contributed by atoms with Gasteiger partial charge in [-0.25, -0.2) is 4.98 Å². The maximum Gasteiger partial charge on any atom is 0.224 e. The Hall–Kier alpha value is -2.14. The fourth-order valence-electron chi connectivity index (χ4n) is 4.54. The quantitative estimate of drug-likeness (QED) is 0.817. The smallest absolute Gasteiger partial charge is 0.224 e. The van der Waals surface area contributed by atoms with Gasteiger partial charge >= 0.3 is 0 Å². The van der Waals surface area contributed by atoms with E-state index in [1.807, 2.05) is 11.1 Å². The molecule has 2 aliphatic rings. The number of nitrogens with zero attached hydrogens (tertiary/aromatic N) is 4. The molecule has 5 heteroatoms. The summed E-state index contributed by atoms with van der Waals surface area (Å²) >= 11 is 0. The molecule has 3 heterocycles. The number of piperidine rings is 1. The molecule has 0 N–H and O–H groups in total. The third-order valence-electron chi connectivity index (χ3n) is 6.08. The highest BCUT2D eigenvalue weighted by Crippen LogP contribution is 2.26. The number of benzene rings is 1. The van der Waals surface area contributed by atoms with Crippen LogP contribution < -0.4 is 0 Å². The van der Waals surface area contributed by atoms with Gasteiger partial charge in [-0.05, 0) is 43.9 Å². The number of rotatable bonds is 5. The van der Waals surface area contributed by atoms with Crippen LogP contribution >= 0.6 is 0 Å². The van der Waals surface area contributed by atoms with Crippen LogP contribution in [0.15, 0.2) is 36.7 Å². The Morgan fingerprint density at radius 1 is 1.22 bits per heavy atom. The lowest BCUT2D eigenvalue weighted by Crippen LogP contribution is -2.40. The summed E-state index contributed by atoms with van der Waals surface area (Å²) in [6.07, 6.45) is 7.98. The molecule has 0 aliphatic carbocycles. The largest absolute Gasteiger partial charge is 0.338 e. The molecule has 1 fully saturated rings. The van der Waals surface area contributed by atoms with Gasteiger partial charge in [-0.2, -0.15) is 0 Å². The van der Waals surface area contributed by atoms with Crippen LogP contribution in [0, 0.1) is 0 Å². The van der Waals surface area contributed by atoms with Crippen molar-refractivity contribution in [1.29, 1.82) is 0 Å². The summed E-state index contributed by atoms with van der Waals surface area (Å²) in [7, 11) is 0. The van der Waals surface area contributed by atoms with Crippen molar-refractivity contribution in [2.45, 2.75) is 51.6 Å². The minimum atomic E-state index is 0.293. The van der Waals surface area contributed by atoms with E-state index >= 15 is 0 Å². The molecule has 1 atom stereocenters. The lowest BCUT2D eigenvalue weighted by Gasteiger charge is -2.33. The molecule has 0 saturated carbocycles. The van der Waals surface area contributed by atoms with Crippen LogP contribution in [0.3, 0.4) is 0 Å². The zero-order chi connectivity index (χ0) is 18.6. The predicted molar refractivity (Wildman–Crippen MR) is 106 cm³/mol. The van der Waals surface area contributed by atoms with Crippen molar-refractivity contribution in [2.24, 2.45) is 0 Å². The van der Waals surface area contributed by atoms with Gasteiger partial charge in [0.15, 0.2) is 0 Å². The lowest BCUT2D eigenvalue weighted by atomic mass is 9.96. The number of carbonyl (C=O) groups excluding carboxylic acids is 1. The number of imidazole rings is 1. The van der Waals surface area contributed by atoms with E-state index in [2.05, 4.69) is 51.8 Å². The lowest BCUT2D eigenvalue weighted by molar-refractivity contribution is -0.132. The van der Waals surface area contributed by atoms with E-state index in [0.717, 1.165) is 45.7 Å². The van der Waals surface area contributed by atoms with Crippen LogP contribution in [-0.4, -0.2) is 51.4 Å². The average Bonchev–Trinajstić information content (AvgIpc) is 3.21. The second-order valence-corrected chi connectivity index (χ2v) is 7.80. The van der Waals surface area contributed by atoms with Gasteiger partial charge in [0, 0.05) is 57.5 Å². The van der Waals surface area contributed by atoms with Gasteiger partial charge in [0.2, 0.25) is 5.91 Å². The van der Waals surface area contributed by atoms with Crippen molar-refractivity contribution in [3.63, 3.8) is 0 Å². The van der Waals surface area contributed by atoms with Crippen LogP contribution in [0.25, 0.3) is 0 Å². The summed E-state index contributed by atoms with van der Waals surface area (Å²) < 4.78 is 2.25. The van der Waals surface area contributed by atoms with Crippen LogP contribution in [0.2, 0.25) is 0 Å². The molecule has 4 rings (SSSR count). The van der Waals surface area contributed by atoms with Crippen molar-refractivity contribution in [3.8, 4) is 0 Å². The highest BCUT2D eigenvalue weighted by molar-refractivity contribution is 5.76. The first-order chi connectivity index (χ1) is 13.2. The SMILES string of the molecule is CCn1ccnc1[C@H]1CCCN(CCC(=O)N2CCc3ccccc3C2)C1. The first kappa shape index (κ1) is 18.2. The van der Waals surface area contributed by atoms with Crippen molar-refractivity contribution in [1.82, 2.24) is 19.4 Å². The third-order valence-corrected chi connectivity index (χ3v) is 6.08. The van der Waals surface area contributed by atoms with Gasteiger partial charge in [-0.15, -0.1) is 0 Å². The zero-order valence-electron chi connectivity index (χ0n) is 16.3. The van der Waals surface area contributed by atoms with Crippen LogP contribution in [0.4, 0.5) is 0 Å². The predicted octanol–water partition coefficient (Wildman–Crippen LogP) is 3.06. The second-order valence-electron chi connectivity index (χ2n) is 7.80. The highest BCUT2D eigenvalue weighted by Gasteiger charge is 2.26. The Labute approximate surface area is 162 Å². The van der Waals surface area contributed by atoms with E-state index in [1.165, 1.54) is 29.8 Å². The fourth-order valence-corrected chi connectivity index (χ4v) is 4.54. The van der Waals surface area contributed by atoms with Gasteiger partial charge in [-0.1, -0.05) is 24.3 Å². The fraction of sp³-hybridized carbons (Fsp3) is 0.545.